The number of carbonyl (C=O) groups is 2. The predicted molar refractivity (Wildman–Crippen MR) is 98.8 cm³/mol. The van der Waals surface area contributed by atoms with Crippen LogP contribution < -0.4 is 5.32 Å². The smallest absolute Gasteiger partial charge is 0.407 e. The van der Waals surface area contributed by atoms with Crippen molar-refractivity contribution in [3.8, 4) is 0 Å². The van der Waals surface area contributed by atoms with Crippen LogP contribution in [0.2, 0.25) is 0 Å². The van der Waals surface area contributed by atoms with Crippen molar-refractivity contribution in [2.75, 3.05) is 13.2 Å². The number of aliphatic carboxylic acids is 1. The van der Waals surface area contributed by atoms with E-state index in [1.54, 1.807) is 0 Å². The van der Waals surface area contributed by atoms with E-state index < -0.39 is 11.6 Å². The summed E-state index contributed by atoms with van der Waals surface area (Å²) < 4.78 is 10.8. The first-order valence-electron chi connectivity index (χ1n) is 9.44. The zero-order valence-corrected chi connectivity index (χ0v) is 16.6. The average Bonchev–Trinajstić information content (AvgIpc) is 2.49. The molecule has 0 aromatic carbocycles. The van der Waals surface area contributed by atoms with E-state index in [0.29, 0.717) is 25.6 Å². The van der Waals surface area contributed by atoms with Crippen molar-refractivity contribution in [2.45, 2.75) is 91.2 Å². The predicted octanol–water partition coefficient (Wildman–Crippen LogP) is 4.37. The lowest BCUT2D eigenvalue weighted by atomic mass is 9.94. The molecule has 0 aromatic heterocycles. The van der Waals surface area contributed by atoms with Gasteiger partial charge in [0.2, 0.25) is 0 Å². The van der Waals surface area contributed by atoms with Crippen LogP contribution in [0.3, 0.4) is 0 Å². The third-order valence-electron chi connectivity index (χ3n) is 4.02. The van der Waals surface area contributed by atoms with Gasteiger partial charge in [-0.3, -0.25) is 4.79 Å². The molecule has 0 fully saturated rings. The van der Waals surface area contributed by atoms with E-state index in [4.69, 9.17) is 14.6 Å². The van der Waals surface area contributed by atoms with Crippen LogP contribution in [0.15, 0.2) is 0 Å². The standard InChI is InChI=1S/C19H37NO5/c1-6-15(2)16(20-18(23)25-19(3,4)5)11-8-7-9-13-24-14-10-12-17(21)22/h15-16H,6-14H2,1-5H3,(H,20,23)(H,21,22). The van der Waals surface area contributed by atoms with E-state index in [9.17, 15) is 9.59 Å². The minimum atomic E-state index is -0.780. The topological polar surface area (TPSA) is 84.9 Å². The normalized spacial score (nSPS) is 14.0. The molecule has 0 aliphatic carbocycles. The Labute approximate surface area is 152 Å². The number of hydrogen-bond acceptors (Lipinski definition) is 4. The van der Waals surface area contributed by atoms with Crippen LogP contribution in [0.1, 0.15) is 79.6 Å². The summed E-state index contributed by atoms with van der Waals surface area (Å²) in [7, 11) is 0. The molecule has 0 saturated heterocycles. The van der Waals surface area contributed by atoms with Crippen molar-refractivity contribution in [2.24, 2.45) is 5.92 Å². The molecule has 0 aromatic rings. The molecule has 6 heteroatoms. The summed E-state index contributed by atoms with van der Waals surface area (Å²) in [6.45, 7) is 11.0. The van der Waals surface area contributed by atoms with Gasteiger partial charge in [0.15, 0.2) is 0 Å². The summed E-state index contributed by atoms with van der Waals surface area (Å²) in [4.78, 5) is 22.4. The van der Waals surface area contributed by atoms with Gasteiger partial charge in [0.25, 0.3) is 0 Å². The largest absolute Gasteiger partial charge is 0.481 e. The Bertz CT molecular complexity index is 379. The first-order chi connectivity index (χ1) is 11.7. The Morgan fingerprint density at radius 2 is 1.72 bits per heavy atom. The monoisotopic (exact) mass is 359 g/mol. The highest BCUT2D eigenvalue weighted by Crippen LogP contribution is 2.16. The van der Waals surface area contributed by atoms with Crippen LogP contribution in [0, 0.1) is 5.92 Å². The highest BCUT2D eigenvalue weighted by Gasteiger charge is 2.22. The van der Waals surface area contributed by atoms with Crippen LogP contribution in [0.25, 0.3) is 0 Å². The first-order valence-corrected chi connectivity index (χ1v) is 9.44. The number of amides is 1. The number of carbonyl (C=O) groups excluding carboxylic acids is 1. The number of carboxylic acid groups (broad SMARTS) is 1. The first kappa shape index (κ1) is 23.7. The number of hydrogen-bond donors (Lipinski definition) is 2. The van der Waals surface area contributed by atoms with Crippen molar-refractivity contribution in [1.82, 2.24) is 5.32 Å². The summed E-state index contributed by atoms with van der Waals surface area (Å²) in [5.41, 5.74) is -0.484. The van der Waals surface area contributed by atoms with Gasteiger partial charge in [0.05, 0.1) is 0 Å². The Morgan fingerprint density at radius 1 is 1.08 bits per heavy atom. The van der Waals surface area contributed by atoms with Gasteiger partial charge in [0, 0.05) is 25.7 Å². The molecule has 0 saturated carbocycles. The minimum Gasteiger partial charge on any atom is -0.481 e. The molecule has 0 heterocycles. The van der Waals surface area contributed by atoms with Crippen molar-refractivity contribution in [3.05, 3.63) is 0 Å². The van der Waals surface area contributed by atoms with Crippen LogP contribution in [-0.2, 0) is 14.3 Å². The van der Waals surface area contributed by atoms with Gasteiger partial charge in [0.1, 0.15) is 5.60 Å². The van der Waals surface area contributed by atoms with Gasteiger partial charge in [-0.05, 0) is 46.0 Å². The summed E-state index contributed by atoms with van der Waals surface area (Å²) in [6, 6.07) is 0.122. The summed E-state index contributed by atoms with van der Waals surface area (Å²) in [6.07, 6.45) is 5.30. The molecule has 0 rings (SSSR count). The second-order valence-corrected chi connectivity index (χ2v) is 7.60. The lowest BCUT2D eigenvalue weighted by Gasteiger charge is -2.27. The SMILES string of the molecule is CCC(C)C(CCCCCOCCCC(=O)O)NC(=O)OC(C)(C)C. The van der Waals surface area contributed by atoms with Crippen molar-refractivity contribution < 1.29 is 24.2 Å². The van der Waals surface area contributed by atoms with E-state index in [0.717, 1.165) is 32.1 Å². The van der Waals surface area contributed by atoms with Crippen LogP contribution >= 0.6 is 0 Å². The van der Waals surface area contributed by atoms with E-state index >= 15 is 0 Å². The third-order valence-corrected chi connectivity index (χ3v) is 4.02. The Hall–Kier alpha value is -1.30. The Morgan fingerprint density at radius 3 is 2.28 bits per heavy atom. The summed E-state index contributed by atoms with van der Waals surface area (Å²) >= 11 is 0. The van der Waals surface area contributed by atoms with Crippen molar-refractivity contribution in [3.63, 3.8) is 0 Å². The highest BCUT2D eigenvalue weighted by atomic mass is 16.6. The molecule has 0 spiro atoms. The number of alkyl carbamates (subject to hydrolysis) is 1. The fourth-order valence-electron chi connectivity index (χ4n) is 2.42. The Balaban J connectivity index is 3.93. The number of unbranched alkanes of at least 4 members (excludes halogenated alkanes) is 2. The van der Waals surface area contributed by atoms with Crippen LogP contribution in [0.4, 0.5) is 4.79 Å². The van der Waals surface area contributed by atoms with Crippen LogP contribution in [0.5, 0.6) is 0 Å². The molecular formula is C19H37NO5. The zero-order chi connectivity index (χ0) is 19.3. The van der Waals surface area contributed by atoms with Gasteiger partial charge in [-0.15, -0.1) is 0 Å². The third kappa shape index (κ3) is 14.7. The summed E-state index contributed by atoms with van der Waals surface area (Å²) in [5.74, 6) is -0.378. The minimum absolute atomic E-state index is 0.122. The van der Waals surface area contributed by atoms with Gasteiger partial charge >= 0.3 is 12.1 Å². The van der Waals surface area contributed by atoms with Gasteiger partial charge in [-0.25, -0.2) is 4.79 Å². The Kier molecular flexibility index (Phi) is 12.3. The maximum absolute atomic E-state index is 12.0. The number of ether oxygens (including phenoxy) is 2. The fraction of sp³-hybridized carbons (Fsp3) is 0.895. The molecule has 0 aliphatic rings. The van der Waals surface area contributed by atoms with Crippen molar-refractivity contribution >= 4 is 12.1 Å². The van der Waals surface area contributed by atoms with Crippen molar-refractivity contribution in [1.29, 1.82) is 0 Å². The molecule has 2 N–H and O–H groups in total. The molecule has 0 radical (unpaired) electrons. The maximum atomic E-state index is 12.0. The second kappa shape index (κ2) is 13.0. The zero-order valence-electron chi connectivity index (χ0n) is 16.6. The molecule has 0 bridgehead atoms. The van der Waals surface area contributed by atoms with Gasteiger partial charge in [-0.2, -0.15) is 0 Å². The molecule has 2 unspecified atom stereocenters. The molecular weight excluding hydrogens is 322 g/mol. The van der Waals surface area contributed by atoms with E-state index in [1.165, 1.54) is 0 Å². The van der Waals surface area contributed by atoms with E-state index in [-0.39, 0.29) is 18.6 Å². The molecule has 6 nitrogen and oxygen atoms in total. The fourth-order valence-corrected chi connectivity index (χ4v) is 2.42. The number of carboxylic acids is 1. The molecule has 148 valence electrons. The maximum Gasteiger partial charge on any atom is 0.407 e. The van der Waals surface area contributed by atoms with E-state index in [1.807, 2.05) is 20.8 Å². The number of rotatable bonds is 13. The second-order valence-electron chi connectivity index (χ2n) is 7.60. The van der Waals surface area contributed by atoms with Crippen LogP contribution in [-0.4, -0.2) is 42.0 Å². The number of nitrogens with one attached hydrogen (secondary N) is 1. The summed E-state index contributed by atoms with van der Waals surface area (Å²) in [5, 5.41) is 11.5. The molecule has 0 aliphatic heterocycles. The lowest BCUT2D eigenvalue weighted by Crippen LogP contribution is -2.42. The quantitative estimate of drug-likeness (QED) is 0.477. The van der Waals surface area contributed by atoms with Gasteiger partial charge in [-0.1, -0.05) is 33.1 Å². The van der Waals surface area contributed by atoms with Gasteiger partial charge < -0.3 is 19.9 Å². The molecule has 2 atom stereocenters. The molecule has 1 amide bonds. The van der Waals surface area contributed by atoms with E-state index in [2.05, 4.69) is 19.2 Å². The average molecular weight is 360 g/mol. The molecule has 25 heavy (non-hydrogen) atoms. The highest BCUT2D eigenvalue weighted by molar-refractivity contribution is 5.68. The lowest BCUT2D eigenvalue weighted by molar-refractivity contribution is -0.137.